The number of non-ortho nitro benzene ring substituents is 1. The third-order valence-corrected chi connectivity index (χ3v) is 8.89. The molecule has 0 radical (unpaired) electrons. The summed E-state index contributed by atoms with van der Waals surface area (Å²) in [6.07, 6.45) is -0.799. The molecule has 0 saturated carbocycles. The van der Waals surface area contributed by atoms with E-state index in [2.05, 4.69) is 21.7 Å². The molecule has 0 bridgehead atoms. The number of hydrogen-bond donors (Lipinski definition) is 4. The number of allylic oxidation sites excluding steroid dienone is 1. The van der Waals surface area contributed by atoms with E-state index in [0.29, 0.717) is 29.3 Å². The van der Waals surface area contributed by atoms with Crippen LogP contribution in [0, 0.1) is 10.1 Å². The second-order valence-electron chi connectivity index (χ2n) is 13.5. The Hall–Kier alpha value is -5.24. The molecule has 5 rings (SSSR count). The standard InChI is InChI=1S/C39H47N5O8/c1-7-50-37(46)33-24(3)41-31(35(38(47)51-8-2)34(33)25-13-11-14-26(19-25)44(48)49)21-43(6)23-39(4,5)40-20-27(45)22-52-32-18-12-16-29-28-15-9-10-17-30(28)42-36(29)32/h9-19,27,34,40-42,45H,7-8,20-23H2,1-6H3. The van der Waals surface area contributed by atoms with Crippen molar-refractivity contribution >= 4 is 39.4 Å². The van der Waals surface area contributed by atoms with Gasteiger partial charge < -0.3 is 34.9 Å². The number of rotatable bonds is 16. The lowest BCUT2D eigenvalue weighted by Gasteiger charge is -2.36. The summed E-state index contributed by atoms with van der Waals surface area (Å²) in [6, 6.07) is 19.8. The van der Waals surface area contributed by atoms with Crippen LogP contribution in [0.1, 0.15) is 46.1 Å². The molecule has 13 heteroatoms. The number of nitro benzene ring substituents is 1. The summed E-state index contributed by atoms with van der Waals surface area (Å²) in [5, 5.41) is 31.4. The largest absolute Gasteiger partial charge is 0.489 e. The van der Waals surface area contributed by atoms with Gasteiger partial charge in [0.25, 0.3) is 5.69 Å². The predicted molar refractivity (Wildman–Crippen MR) is 199 cm³/mol. The number of β-amino-alcohol motifs (C(OH)–C–C–N with tert-alkyl or cyclic N) is 1. The smallest absolute Gasteiger partial charge is 0.336 e. The highest BCUT2D eigenvalue weighted by Gasteiger charge is 2.40. The van der Waals surface area contributed by atoms with Crippen LogP contribution in [0.15, 0.2) is 89.3 Å². The van der Waals surface area contributed by atoms with Gasteiger partial charge in [-0.25, -0.2) is 9.59 Å². The number of aromatic amines is 1. The number of nitrogens with zero attached hydrogens (tertiary/aromatic N) is 2. The van der Waals surface area contributed by atoms with Crippen LogP contribution in [0.3, 0.4) is 0 Å². The lowest BCUT2D eigenvalue weighted by atomic mass is 9.80. The summed E-state index contributed by atoms with van der Waals surface area (Å²) in [5.41, 5.74) is 2.93. The highest BCUT2D eigenvalue weighted by Crippen LogP contribution is 2.40. The molecule has 0 saturated heterocycles. The fourth-order valence-electron chi connectivity index (χ4n) is 6.76. The molecule has 2 heterocycles. The number of aliphatic hydroxyl groups is 1. The first-order valence-corrected chi connectivity index (χ1v) is 17.4. The number of nitro groups is 1. The number of H-pyrrole nitrogens is 1. The number of fused-ring (bicyclic) bond motifs is 3. The third kappa shape index (κ3) is 8.61. The second-order valence-corrected chi connectivity index (χ2v) is 13.5. The minimum Gasteiger partial charge on any atom is -0.489 e. The Bertz CT molecular complexity index is 2020. The van der Waals surface area contributed by atoms with E-state index in [9.17, 15) is 24.8 Å². The van der Waals surface area contributed by atoms with Gasteiger partial charge in [0.15, 0.2) is 0 Å². The fraction of sp³-hybridized carbons (Fsp3) is 0.385. The SMILES string of the molecule is CCOC(=O)C1=C(C)NC(CN(C)CC(C)(C)NCC(O)COc2cccc3c2[nH]c2ccccc23)=C(C(=O)OCC)C1c1cccc([N+](=O)[O-])c1. The van der Waals surface area contributed by atoms with E-state index in [1.165, 1.54) is 18.2 Å². The number of hydrogen-bond acceptors (Lipinski definition) is 11. The second kappa shape index (κ2) is 16.4. The zero-order valence-corrected chi connectivity index (χ0v) is 30.4. The van der Waals surface area contributed by atoms with Crippen molar-refractivity contribution in [3.05, 3.63) is 105 Å². The van der Waals surface area contributed by atoms with Gasteiger partial charge in [0, 0.05) is 65.0 Å². The Balaban J connectivity index is 1.31. The molecular weight excluding hydrogens is 666 g/mol. The molecule has 276 valence electrons. The lowest BCUT2D eigenvalue weighted by molar-refractivity contribution is -0.384. The summed E-state index contributed by atoms with van der Waals surface area (Å²) in [5.74, 6) is -1.59. The Kier molecular flexibility index (Phi) is 12.0. The first kappa shape index (κ1) is 38.0. The number of carbonyl (C=O) groups excluding carboxylic acids is 2. The fourth-order valence-corrected chi connectivity index (χ4v) is 6.76. The van der Waals surface area contributed by atoms with Crippen LogP contribution < -0.4 is 15.4 Å². The predicted octanol–water partition coefficient (Wildman–Crippen LogP) is 5.31. The lowest BCUT2D eigenvalue weighted by Crippen LogP contribution is -2.51. The van der Waals surface area contributed by atoms with Crippen LogP contribution in [0.2, 0.25) is 0 Å². The van der Waals surface area contributed by atoms with Crippen LogP contribution in [0.25, 0.3) is 21.8 Å². The highest BCUT2D eigenvalue weighted by atomic mass is 16.6. The zero-order valence-electron chi connectivity index (χ0n) is 30.4. The molecule has 0 spiro atoms. The number of dihydropyridines is 1. The van der Waals surface area contributed by atoms with Crippen molar-refractivity contribution < 1.29 is 33.8 Å². The quantitative estimate of drug-likeness (QED) is 0.0675. The normalized spacial score (nSPS) is 15.6. The molecule has 4 N–H and O–H groups in total. The molecule has 3 aromatic carbocycles. The van der Waals surface area contributed by atoms with Crippen LogP contribution in [-0.4, -0.2) is 90.0 Å². The number of esters is 2. The minimum atomic E-state index is -0.973. The molecular formula is C39H47N5O8. The van der Waals surface area contributed by atoms with Gasteiger partial charge in [-0.15, -0.1) is 0 Å². The monoisotopic (exact) mass is 713 g/mol. The number of para-hydroxylation sites is 2. The minimum absolute atomic E-state index is 0.0839. The number of likely N-dealkylation sites (N-methyl/N-ethyl adjacent to an activating group) is 1. The average molecular weight is 714 g/mol. The van der Waals surface area contributed by atoms with Crippen LogP contribution in [0.5, 0.6) is 5.75 Å². The van der Waals surface area contributed by atoms with E-state index in [-0.39, 0.29) is 49.7 Å². The summed E-state index contributed by atoms with van der Waals surface area (Å²) < 4.78 is 16.9. The van der Waals surface area contributed by atoms with E-state index in [4.69, 9.17) is 14.2 Å². The van der Waals surface area contributed by atoms with Gasteiger partial charge in [0.1, 0.15) is 18.5 Å². The number of carbonyl (C=O) groups is 2. The molecule has 2 atom stereocenters. The summed E-state index contributed by atoms with van der Waals surface area (Å²) in [7, 11) is 1.89. The van der Waals surface area contributed by atoms with Crippen molar-refractivity contribution in [2.24, 2.45) is 0 Å². The molecule has 0 amide bonds. The van der Waals surface area contributed by atoms with Crippen molar-refractivity contribution in [3.63, 3.8) is 0 Å². The molecule has 1 aliphatic heterocycles. The average Bonchev–Trinajstić information content (AvgIpc) is 3.49. The van der Waals surface area contributed by atoms with Gasteiger partial charge in [-0.2, -0.15) is 0 Å². The molecule has 4 aromatic rings. The van der Waals surface area contributed by atoms with Gasteiger partial charge in [0.05, 0.1) is 40.7 Å². The van der Waals surface area contributed by atoms with Crippen LogP contribution in [0.4, 0.5) is 5.69 Å². The Morgan fingerprint density at radius 2 is 1.67 bits per heavy atom. The van der Waals surface area contributed by atoms with Gasteiger partial charge in [-0.05, 0) is 59.4 Å². The van der Waals surface area contributed by atoms with Crippen molar-refractivity contribution in [3.8, 4) is 5.75 Å². The first-order valence-electron chi connectivity index (χ1n) is 17.4. The molecule has 52 heavy (non-hydrogen) atoms. The molecule has 0 aliphatic carbocycles. The van der Waals surface area contributed by atoms with E-state index in [1.807, 2.05) is 62.2 Å². The Morgan fingerprint density at radius 1 is 1.00 bits per heavy atom. The number of nitrogens with one attached hydrogen (secondary N) is 3. The van der Waals surface area contributed by atoms with Crippen LogP contribution in [-0.2, 0) is 19.1 Å². The number of aromatic nitrogens is 1. The van der Waals surface area contributed by atoms with Crippen LogP contribution >= 0.6 is 0 Å². The van der Waals surface area contributed by atoms with E-state index in [0.717, 1.165) is 21.8 Å². The van der Waals surface area contributed by atoms with Crippen molar-refractivity contribution in [2.45, 2.75) is 52.2 Å². The molecule has 1 aliphatic rings. The molecule has 1 aromatic heterocycles. The summed E-state index contributed by atoms with van der Waals surface area (Å²) in [4.78, 5) is 43.6. The van der Waals surface area contributed by atoms with Crippen molar-refractivity contribution in [1.82, 2.24) is 20.5 Å². The van der Waals surface area contributed by atoms with E-state index >= 15 is 0 Å². The van der Waals surface area contributed by atoms with Gasteiger partial charge >= 0.3 is 11.9 Å². The van der Waals surface area contributed by atoms with Crippen molar-refractivity contribution in [2.75, 3.05) is 46.5 Å². The number of ether oxygens (including phenoxy) is 3. The van der Waals surface area contributed by atoms with E-state index < -0.39 is 34.4 Å². The molecule has 2 unspecified atom stereocenters. The van der Waals surface area contributed by atoms with Gasteiger partial charge in [0.2, 0.25) is 0 Å². The molecule has 0 fully saturated rings. The maximum absolute atomic E-state index is 13.7. The zero-order chi connectivity index (χ0) is 37.6. The number of benzene rings is 3. The van der Waals surface area contributed by atoms with E-state index in [1.54, 1.807) is 26.8 Å². The highest BCUT2D eigenvalue weighted by molar-refractivity contribution is 6.09. The van der Waals surface area contributed by atoms with Gasteiger partial charge in [-0.3, -0.25) is 15.0 Å². The summed E-state index contributed by atoms with van der Waals surface area (Å²) >= 11 is 0. The maximum Gasteiger partial charge on any atom is 0.336 e. The van der Waals surface area contributed by atoms with Crippen molar-refractivity contribution in [1.29, 1.82) is 0 Å². The maximum atomic E-state index is 13.7. The number of aliphatic hydroxyl groups excluding tert-OH is 1. The summed E-state index contributed by atoms with van der Waals surface area (Å²) in [6.45, 7) is 10.4. The third-order valence-electron chi connectivity index (χ3n) is 8.89. The first-order chi connectivity index (χ1) is 24.8. The topological polar surface area (TPSA) is 168 Å². The molecule has 13 nitrogen and oxygen atoms in total. The Labute approximate surface area is 302 Å². The van der Waals surface area contributed by atoms with Gasteiger partial charge in [-0.1, -0.05) is 42.5 Å². The Morgan fingerprint density at radius 3 is 2.38 bits per heavy atom.